The second kappa shape index (κ2) is 7.77. The summed E-state index contributed by atoms with van der Waals surface area (Å²) in [5.41, 5.74) is -0.385. The predicted molar refractivity (Wildman–Crippen MR) is 108 cm³/mol. The fourth-order valence-corrected chi connectivity index (χ4v) is 4.88. The minimum absolute atomic E-state index is 0.0301. The Kier molecular flexibility index (Phi) is 5.22. The molecule has 9 heteroatoms. The van der Waals surface area contributed by atoms with E-state index in [2.05, 4.69) is 27.2 Å². The van der Waals surface area contributed by atoms with E-state index in [4.69, 9.17) is 0 Å². The number of fused-ring (bicyclic) bond motifs is 1. The molecule has 1 saturated heterocycles. The zero-order chi connectivity index (χ0) is 18.8. The number of carbonyl (C=O) groups excluding carboxylic acids is 1. The lowest BCUT2D eigenvalue weighted by Gasteiger charge is -2.30. The van der Waals surface area contributed by atoms with Gasteiger partial charge in [-0.1, -0.05) is 24.3 Å². The predicted octanol–water partition coefficient (Wildman–Crippen LogP) is 2.42. The van der Waals surface area contributed by atoms with Crippen LogP contribution in [0.2, 0.25) is 0 Å². The van der Waals surface area contributed by atoms with Crippen molar-refractivity contribution in [1.82, 2.24) is 19.9 Å². The zero-order valence-electron chi connectivity index (χ0n) is 15.1. The molecule has 1 N–H and O–H groups in total. The normalized spacial score (nSPS) is 17.4. The van der Waals surface area contributed by atoms with Gasteiger partial charge in [-0.3, -0.25) is 9.59 Å². The van der Waals surface area contributed by atoms with Gasteiger partial charge in [-0.2, -0.15) is 4.52 Å². The Bertz CT molecular complexity index is 995. The molecule has 0 aromatic carbocycles. The Morgan fingerprint density at radius 2 is 2.33 bits per heavy atom. The first-order chi connectivity index (χ1) is 13.1. The number of carbonyl (C=O) groups is 1. The number of piperidine rings is 1. The van der Waals surface area contributed by atoms with Crippen LogP contribution < -0.4 is 15.8 Å². The minimum atomic E-state index is -0.416. The van der Waals surface area contributed by atoms with Crippen LogP contribution in [0, 0.1) is 5.92 Å². The molecule has 7 nitrogen and oxygen atoms in total. The Morgan fingerprint density at radius 1 is 1.44 bits per heavy atom. The molecule has 0 aliphatic carbocycles. The second-order valence-corrected chi connectivity index (χ2v) is 8.80. The summed E-state index contributed by atoms with van der Waals surface area (Å²) in [6, 6.07) is 4.01. The summed E-state index contributed by atoms with van der Waals surface area (Å²) in [7, 11) is 0. The van der Waals surface area contributed by atoms with Crippen LogP contribution >= 0.6 is 22.7 Å². The summed E-state index contributed by atoms with van der Waals surface area (Å²) in [6.07, 6.45) is 4.44. The minimum Gasteiger partial charge on any atom is -0.351 e. The maximum atomic E-state index is 12.7. The summed E-state index contributed by atoms with van der Waals surface area (Å²) >= 11 is 3.04. The Labute approximate surface area is 164 Å². The first-order valence-electron chi connectivity index (χ1n) is 9.06. The van der Waals surface area contributed by atoms with E-state index in [1.165, 1.54) is 33.3 Å². The number of nitrogens with zero attached hydrogens (tertiary/aromatic N) is 4. The maximum Gasteiger partial charge on any atom is 0.288 e. The van der Waals surface area contributed by atoms with Crippen LogP contribution in [-0.2, 0) is 6.42 Å². The van der Waals surface area contributed by atoms with Crippen molar-refractivity contribution in [2.75, 3.05) is 24.5 Å². The molecule has 27 heavy (non-hydrogen) atoms. The average molecular weight is 404 g/mol. The van der Waals surface area contributed by atoms with Gasteiger partial charge in [0, 0.05) is 30.7 Å². The SMILES string of the molecule is C[C@@H]1CCCN(c2nn3c(=O)c(C(=O)NCCc4cccs4)cnc3s2)C1. The molecule has 1 aliphatic heterocycles. The standard InChI is InChI=1S/C18H21N5O2S2/c1-12-4-2-8-22(11-12)18-21-23-16(25)14(10-20-17(23)27-18)15(24)19-7-6-13-5-3-9-26-13/h3,5,9-10,12H,2,4,6-8,11H2,1H3,(H,19,24)/t12-/m1/s1. The quantitative estimate of drug-likeness (QED) is 0.708. The van der Waals surface area contributed by atoms with Gasteiger partial charge in [0.25, 0.3) is 11.5 Å². The molecule has 3 aromatic heterocycles. The smallest absolute Gasteiger partial charge is 0.288 e. The number of hydrogen-bond donors (Lipinski definition) is 1. The molecule has 0 unspecified atom stereocenters. The molecule has 142 valence electrons. The molecule has 0 spiro atoms. The highest BCUT2D eigenvalue weighted by Gasteiger charge is 2.22. The van der Waals surface area contributed by atoms with Gasteiger partial charge in [0.15, 0.2) is 0 Å². The van der Waals surface area contributed by atoms with Crippen LogP contribution in [0.15, 0.2) is 28.5 Å². The third-order valence-electron chi connectivity index (χ3n) is 4.69. The van der Waals surface area contributed by atoms with E-state index < -0.39 is 11.5 Å². The Balaban J connectivity index is 1.51. The van der Waals surface area contributed by atoms with Crippen LogP contribution in [0.1, 0.15) is 35.0 Å². The second-order valence-electron chi connectivity index (χ2n) is 6.83. The average Bonchev–Trinajstić information content (AvgIpc) is 3.32. The molecule has 0 radical (unpaired) electrons. The van der Waals surface area contributed by atoms with Crippen LogP contribution in [0.25, 0.3) is 4.96 Å². The van der Waals surface area contributed by atoms with Crippen molar-refractivity contribution in [3.63, 3.8) is 0 Å². The summed E-state index contributed by atoms with van der Waals surface area (Å²) in [5, 5.41) is 10.0. The van der Waals surface area contributed by atoms with Gasteiger partial charge in [0.2, 0.25) is 10.1 Å². The summed E-state index contributed by atoms with van der Waals surface area (Å²) in [5.74, 6) is 0.208. The molecule has 0 bridgehead atoms. The van der Waals surface area contributed by atoms with E-state index >= 15 is 0 Å². The monoisotopic (exact) mass is 403 g/mol. The van der Waals surface area contributed by atoms with Crippen molar-refractivity contribution >= 4 is 38.7 Å². The van der Waals surface area contributed by atoms with Crippen molar-refractivity contribution in [2.45, 2.75) is 26.2 Å². The highest BCUT2D eigenvalue weighted by atomic mass is 32.1. The van der Waals surface area contributed by atoms with E-state index in [1.54, 1.807) is 11.3 Å². The molecule has 4 heterocycles. The van der Waals surface area contributed by atoms with E-state index in [1.807, 2.05) is 17.5 Å². The zero-order valence-corrected chi connectivity index (χ0v) is 16.7. The number of aromatic nitrogens is 3. The largest absolute Gasteiger partial charge is 0.351 e. The molecule has 1 aliphatic rings. The molecular weight excluding hydrogens is 382 g/mol. The number of rotatable bonds is 5. The molecule has 1 fully saturated rings. The number of nitrogens with one attached hydrogen (secondary N) is 1. The fourth-order valence-electron chi connectivity index (χ4n) is 3.27. The summed E-state index contributed by atoms with van der Waals surface area (Å²) in [6.45, 7) is 4.58. The van der Waals surface area contributed by atoms with Crippen molar-refractivity contribution in [2.24, 2.45) is 5.92 Å². The van der Waals surface area contributed by atoms with E-state index in [-0.39, 0.29) is 5.56 Å². The van der Waals surface area contributed by atoms with E-state index in [9.17, 15) is 9.59 Å². The van der Waals surface area contributed by atoms with Gasteiger partial charge in [-0.25, -0.2) is 4.98 Å². The number of thiophene rings is 1. The van der Waals surface area contributed by atoms with Gasteiger partial charge in [0.1, 0.15) is 5.56 Å². The summed E-state index contributed by atoms with van der Waals surface area (Å²) < 4.78 is 1.26. The van der Waals surface area contributed by atoms with Crippen molar-refractivity contribution in [3.8, 4) is 0 Å². The topological polar surface area (TPSA) is 79.6 Å². The third-order valence-corrected chi connectivity index (χ3v) is 6.60. The molecule has 0 saturated carbocycles. The molecule has 1 atom stereocenters. The Hall–Kier alpha value is -2.26. The highest BCUT2D eigenvalue weighted by molar-refractivity contribution is 7.20. The summed E-state index contributed by atoms with van der Waals surface area (Å²) in [4.78, 5) is 33.3. The molecule has 3 aromatic rings. The van der Waals surface area contributed by atoms with Gasteiger partial charge >= 0.3 is 0 Å². The Morgan fingerprint density at radius 3 is 3.11 bits per heavy atom. The first kappa shape index (κ1) is 18.1. The lowest BCUT2D eigenvalue weighted by molar-refractivity contribution is 0.0952. The number of anilines is 1. The van der Waals surface area contributed by atoms with E-state index in [0.717, 1.165) is 31.1 Å². The lowest BCUT2D eigenvalue weighted by Crippen LogP contribution is -2.35. The number of amides is 1. The van der Waals surface area contributed by atoms with Crippen LogP contribution in [0.4, 0.5) is 5.13 Å². The third kappa shape index (κ3) is 3.89. The van der Waals surface area contributed by atoms with Crippen LogP contribution in [-0.4, -0.2) is 40.1 Å². The van der Waals surface area contributed by atoms with Crippen molar-refractivity contribution in [3.05, 3.63) is 44.5 Å². The highest BCUT2D eigenvalue weighted by Crippen LogP contribution is 2.26. The van der Waals surface area contributed by atoms with Gasteiger partial charge < -0.3 is 10.2 Å². The van der Waals surface area contributed by atoms with Crippen LogP contribution in [0.3, 0.4) is 0 Å². The van der Waals surface area contributed by atoms with Gasteiger partial charge in [0.05, 0.1) is 0 Å². The van der Waals surface area contributed by atoms with Crippen molar-refractivity contribution < 1.29 is 4.79 Å². The van der Waals surface area contributed by atoms with Crippen LogP contribution in [0.5, 0.6) is 0 Å². The number of hydrogen-bond acceptors (Lipinski definition) is 7. The maximum absolute atomic E-state index is 12.7. The van der Waals surface area contributed by atoms with Crippen molar-refractivity contribution in [1.29, 1.82) is 0 Å². The molecular formula is C18H21N5O2S2. The lowest BCUT2D eigenvalue weighted by atomic mass is 10.0. The molecule has 4 rings (SSSR count). The first-order valence-corrected chi connectivity index (χ1v) is 10.8. The molecule has 1 amide bonds. The van der Waals surface area contributed by atoms with Gasteiger partial charge in [-0.05, 0) is 36.6 Å². The van der Waals surface area contributed by atoms with Gasteiger partial charge in [-0.15, -0.1) is 16.4 Å². The van der Waals surface area contributed by atoms with E-state index in [0.29, 0.717) is 17.4 Å². The fraction of sp³-hybridized carbons (Fsp3) is 0.444.